The Labute approximate surface area is 116 Å². The fourth-order valence-corrected chi connectivity index (χ4v) is 2.20. The molecule has 0 aliphatic rings. The van der Waals surface area contributed by atoms with Crippen LogP contribution in [-0.4, -0.2) is 41.9 Å². The van der Waals surface area contributed by atoms with Gasteiger partial charge in [0.2, 0.25) is 0 Å². The average molecular weight is 283 g/mol. The summed E-state index contributed by atoms with van der Waals surface area (Å²) in [4.78, 5) is 2.12. The first-order chi connectivity index (χ1) is 9.47. The second kappa shape index (κ2) is 6.17. The minimum Gasteiger partial charge on any atom is -0.435 e. The monoisotopic (exact) mass is 283 g/mol. The number of fused-ring (bicyclic) bond motifs is 1. The average Bonchev–Trinajstić information content (AvgIpc) is 2.65. The summed E-state index contributed by atoms with van der Waals surface area (Å²) in [7, 11) is 4.06. The van der Waals surface area contributed by atoms with Gasteiger partial charge >= 0.3 is 6.61 Å². The molecule has 0 aliphatic carbocycles. The fourth-order valence-electron chi connectivity index (χ4n) is 2.20. The van der Waals surface area contributed by atoms with Gasteiger partial charge < -0.3 is 9.64 Å². The zero-order valence-electron chi connectivity index (χ0n) is 11.9. The van der Waals surface area contributed by atoms with Crippen LogP contribution in [0.15, 0.2) is 18.2 Å². The number of alkyl halides is 2. The van der Waals surface area contributed by atoms with Gasteiger partial charge in [0.15, 0.2) is 0 Å². The summed E-state index contributed by atoms with van der Waals surface area (Å²) in [5.41, 5.74) is 1.77. The Hall–Kier alpha value is -1.69. The number of ether oxygens (including phenoxy) is 1. The van der Waals surface area contributed by atoms with Crippen LogP contribution in [0, 0.1) is 6.92 Å². The lowest BCUT2D eigenvalue weighted by molar-refractivity contribution is -0.0497. The number of benzene rings is 1. The highest BCUT2D eigenvalue weighted by atomic mass is 19.3. The highest BCUT2D eigenvalue weighted by molar-refractivity contribution is 5.83. The highest BCUT2D eigenvalue weighted by Crippen LogP contribution is 2.25. The molecule has 1 aromatic carbocycles. The molecule has 0 bridgehead atoms. The number of aromatic nitrogens is 2. The first kappa shape index (κ1) is 14.7. The lowest BCUT2D eigenvalue weighted by Gasteiger charge is -2.09. The van der Waals surface area contributed by atoms with Crippen molar-refractivity contribution in [3.05, 3.63) is 23.9 Å². The molecule has 0 aliphatic heterocycles. The Balaban J connectivity index is 2.21. The van der Waals surface area contributed by atoms with E-state index in [0.29, 0.717) is 0 Å². The summed E-state index contributed by atoms with van der Waals surface area (Å²) < 4.78 is 30.8. The maximum atomic E-state index is 12.2. The fraction of sp³-hybridized carbons (Fsp3) is 0.500. The van der Waals surface area contributed by atoms with E-state index in [1.807, 2.05) is 25.7 Å². The van der Waals surface area contributed by atoms with Crippen LogP contribution in [0.25, 0.3) is 10.9 Å². The van der Waals surface area contributed by atoms with E-state index in [-0.39, 0.29) is 5.75 Å². The predicted octanol–water partition coefficient (Wildman–Crippen LogP) is 2.90. The lowest BCUT2D eigenvalue weighted by atomic mass is 10.2. The van der Waals surface area contributed by atoms with E-state index < -0.39 is 6.61 Å². The molecular weight excluding hydrogens is 264 g/mol. The molecule has 0 saturated carbocycles. The molecule has 0 radical (unpaired) electrons. The van der Waals surface area contributed by atoms with Gasteiger partial charge in [0.05, 0.1) is 11.2 Å². The molecular formula is C14H19F2N3O. The molecule has 20 heavy (non-hydrogen) atoms. The van der Waals surface area contributed by atoms with Crippen molar-refractivity contribution in [1.82, 2.24) is 14.7 Å². The molecule has 4 nitrogen and oxygen atoms in total. The van der Waals surface area contributed by atoms with E-state index in [4.69, 9.17) is 0 Å². The molecule has 6 heteroatoms. The van der Waals surface area contributed by atoms with Crippen LogP contribution >= 0.6 is 0 Å². The number of rotatable bonds is 6. The van der Waals surface area contributed by atoms with Crippen molar-refractivity contribution in [3.8, 4) is 5.75 Å². The summed E-state index contributed by atoms with van der Waals surface area (Å²) in [6.07, 6.45) is 0.985. The summed E-state index contributed by atoms with van der Waals surface area (Å²) in [6.45, 7) is 0.851. The number of nitrogens with zero attached hydrogens (tertiary/aromatic N) is 3. The van der Waals surface area contributed by atoms with Gasteiger partial charge in [-0.2, -0.15) is 13.9 Å². The van der Waals surface area contributed by atoms with Crippen LogP contribution < -0.4 is 4.74 Å². The Morgan fingerprint density at radius 2 is 2.10 bits per heavy atom. The van der Waals surface area contributed by atoms with Gasteiger partial charge in [-0.3, -0.25) is 4.68 Å². The second-order valence-electron chi connectivity index (χ2n) is 5.02. The van der Waals surface area contributed by atoms with Crippen LogP contribution in [0.4, 0.5) is 8.78 Å². The number of aryl methyl sites for hydroxylation is 2. The van der Waals surface area contributed by atoms with E-state index in [1.54, 1.807) is 18.2 Å². The molecule has 0 spiro atoms. The van der Waals surface area contributed by atoms with Crippen molar-refractivity contribution in [2.45, 2.75) is 26.5 Å². The molecule has 110 valence electrons. The molecule has 1 heterocycles. The van der Waals surface area contributed by atoms with E-state index in [2.05, 4.69) is 14.7 Å². The van der Waals surface area contributed by atoms with Gasteiger partial charge in [0.1, 0.15) is 5.75 Å². The number of hydrogen-bond acceptors (Lipinski definition) is 3. The topological polar surface area (TPSA) is 30.3 Å². The zero-order valence-corrected chi connectivity index (χ0v) is 11.9. The lowest BCUT2D eigenvalue weighted by Crippen LogP contribution is -2.15. The summed E-state index contributed by atoms with van der Waals surface area (Å²) in [6, 6.07) is 4.95. The third-order valence-corrected chi connectivity index (χ3v) is 3.11. The normalized spacial score (nSPS) is 11.8. The molecule has 0 fully saturated rings. The van der Waals surface area contributed by atoms with Crippen molar-refractivity contribution in [2.75, 3.05) is 20.6 Å². The molecule has 0 amide bonds. The van der Waals surface area contributed by atoms with Gasteiger partial charge in [-0.1, -0.05) is 0 Å². The standard InChI is InChI=1S/C14H19F2N3O/c1-10-12-9-11(20-14(15)16)5-6-13(12)19(17-10)8-4-7-18(2)3/h5-6,9,14H,4,7-8H2,1-3H3. The molecule has 1 aromatic heterocycles. The summed E-state index contributed by atoms with van der Waals surface area (Å²) >= 11 is 0. The van der Waals surface area contributed by atoms with Crippen molar-refractivity contribution >= 4 is 10.9 Å². The Bertz CT molecular complexity index is 581. The van der Waals surface area contributed by atoms with Gasteiger partial charge in [-0.05, 0) is 52.2 Å². The maximum Gasteiger partial charge on any atom is 0.387 e. The first-order valence-corrected chi connectivity index (χ1v) is 6.54. The quantitative estimate of drug-likeness (QED) is 0.816. The first-order valence-electron chi connectivity index (χ1n) is 6.54. The van der Waals surface area contributed by atoms with Gasteiger partial charge in [0, 0.05) is 11.9 Å². The smallest absolute Gasteiger partial charge is 0.387 e. The Morgan fingerprint density at radius 1 is 1.35 bits per heavy atom. The van der Waals surface area contributed by atoms with E-state index >= 15 is 0 Å². The van der Waals surface area contributed by atoms with Crippen molar-refractivity contribution in [3.63, 3.8) is 0 Å². The Morgan fingerprint density at radius 3 is 2.75 bits per heavy atom. The van der Waals surface area contributed by atoms with Gasteiger partial charge in [-0.25, -0.2) is 0 Å². The molecule has 2 rings (SSSR count). The van der Waals surface area contributed by atoms with Crippen LogP contribution in [-0.2, 0) is 6.54 Å². The zero-order chi connectivity index (χ0) is 14.7. The molecule has 0 N–H and O–H groups in total. The van der Waals surface area contributed by atoms with Crippen LogP contribution in [0.5, 0.6) is 5.75 Å². The third-order valence-electron chi connectivity index (χ3n) is 3.11. The Kier molecular flexibility index (Phi) is 4.54. The van der Waals surface area contributed by atoms with E-state index in [1.165, 1.54) is 0 Å². The van der Waals surface area contributed by atoms with E-state index in [0.717, 1.165) is 36.1 Å². The van der Waals surface area contributed by atoms with Gasteiger partial charge in [0.25, 0.3) is 0 Å². The van der Waals surface area contributed by atoms with Gasteiger partial charge in [-0.15, -0.1) is 0 Å². The summed E-state index contributed by atoms with van der Waals surface area (Å²) in [5.74, 6) is 0.170. The molecule has 0 unspecified atom stereocenters. The largest absolute Gasteiger partial charge is 0.435 e. The molecule has 0 saturated heterocycles. The second-order valence-corrected chi connectivity index (χ2v) is 5.02. The van der Waals surface area contributed by atoms with Crippen LogP contribution in [0.3, 0.4) is 0 Å². The maximum absolute atomic E-state index is 12.2. The number of halogens is 2. The van der Waals surface area contributed by atoms with Crippen LogP contribution in [0.2, 0.25) is 0 Å². The third kappa shape index (κ3) is 3.45. The highest BCUT2D eigenvalue weighted by Gasteiger charge is 2.10. The van der Waals surface area contributed by atoms with Crippen LogP contribution in [0.1, 0.15) is 12.1 Å². The predicted molar refractivity (Wildman–Crippen MR) is 74.3 cm³/mol. The minimum absolute atomic E-state index is 0.170. The SMILES string of the molecule is Cc1nn(CCCN(C)C)c2ccc(OC(F)F)cc12. The molecule has 0 atom stereocenters. The van der Waals surface area contributed by atoms with E-state index in [9.17, 15) is 8.78 Å². The minimum atomic E-state index is -2.80. The van der Waals surface area contributed by atoms with Crippen molar-refractivity contribution in [1.29, 1.82) is 0 Å². The summed E-state index contributed by atoms with van der Waals surface area (Å²) in [5, 5.41) is 5.32. The van der Waals surface area contributed by atoms with Crippen molar-refractivity contribution in [2.24, 2.45) is 0 Å². The molecule has 2 aromatic rings. The van der Waals surface area contributed by atoms with Crippen molar-refractivity contribution < 1.29 is 13.5 Å². The number of hydrogen-bond donors (Lipinski definition) is 0.